The lowest BCUT2D eigenvalue weighted by molar-refractivity contribution is 0.196. The number of piperidine rings is 1. The Bertz CT molecular complexity index is 391. The van der Waals surface area contributed by atoms with Gasteiger partial charge in [0.2, 0.25) is 0 Å². The molecule has 1 fully saturated rings. The van der Waals surface area contributed by atoms with E-state index in [9.17, 15) is 0 Å². The van der Waals surface area contributed by atoms with Gasteiger partial charge in [0.05, 0.1) is 12.1 Å². The molecule has 0 aliphatic carbocycles. The van der Waals surface area contributed by atoms with E-state index in [2.05, 4.69) is 23.3 Å². The number of nitrogens with one attached hydrogen (secondary N) is 1. The van der Waals surface area contributed by atoms with Crippen LogP contribution in [0, 0.1) is 0 Å². The highest BCUT2D eigenvalue weighted by Gasteiger charge is 2.17. The Morgan fingerprint density at radius 3 is 2.94 bits per heavy atom. The van der Waals surface area contributed by atoms with Crippen molar-refractivity contribution in [2.75, 3.05) is 27.2 Å². The molecule has 0 saturated carbocycles. The molecule has 3 nitrogen and oxygen atoms in total. The summed E-state index contributed by atoms with van der Waals surface area (Å²) in [5, 5.41) is 4.13. The van der Waals surface area contributed by atoms with Crippen LogP contribution < -0.4 is 10.1 Å². The third-order valence-electron chi connectivity index (χ3n) is 3.54. The van der Waals surface area contributed by atoms with Crippen LogP contribution in [0.1, 0.15) is 18.4 Å². The summed E-state index contributed by atoms with van der Waals surface area (Å²) in [6, 6.07) is 6.63. The summed E-state index contributed by atoms with van der Waals surface area (Å²) in [5.74, 6) is 0.738. The number of hydrogen-bond donors (Lipinski definition) is 1. The number of rotatable bonds is 4. The summed E-state index contributed by atoms with van der Waals surface area (Å²) in [6.07, 6.45) is 2.53. The largest absolute Gasteiger partial charge is 0.495 e. The molecule has 1 aliphatic heterocycles. The molecular weight excluding hydrogens is 248 g/mol. The first-order valence-corrected chi connectivity index (χ1v) is 6.82. The molecule has 0 amide bonds. The maximum atomic E-state index is 6.14. The van der Waals surface area contributed by atoms with Gasteiger partial charge >= 0.3 is 0 Å². The van der Waals surface area contributed by atoms with Crippen molar-refractivity contribution in [3.05, 3.63) is 28.8 Å². The van der Waals surface area contributed by atoms with Crippen LogP contribution in [0.5, 0.6) is 5.75 Å². The van der Waals surface area contributed by atoms with Gasteiger partial charge in [-0.2, -0.15) is 0 Å². The molecule has 1 unspecified atom stereocenters. The van der Waals surface area contributed by atoms with Crippen LogP contribution in [-0.2, 0) is 6.54 Å². The Morgan fingerprint density at radius 1 is 1.50 bits per heavy atom. The Kier molecular flexibility index (Phi) is 4.87. The van der Waals surface area contributed by atoms with Gasteiger partial charge < -0.3 is 10.1 Å². The number of likely N-dealkylation sites (N-methyl/N-ethyl adjacent to an activating group) is 1. The Morgan fingerprint density at radius 2 is 2.33 bits per heavy atom. The zero-order valence-electron chi connectivity index (χ0n) is 11.1. The van der Waals surface area contributed by atoms with E-state index < -0.39 is 0 Å². The normalized spacial score (nSPS) is 20.1. The van der Waals surface area contributed by atoms with Crippen molar-refractivity contribution >= 4 is 11.6 Å². The summed E-state index contributed by atoms with van der Waals surface area (Å²) in [6.45, 7) is 3.16. The second kappa shape index (κ2) is 6.41. The molecule has 1 saturated heterocycles. The molecular formula is C14H21ClN2O. The average Bonchev–Trinajstić information content (AvgIpc) is 2.40. The Labute approximate surface area is 114 Å². The number of halogens is 1. The molecule has 0 aromatic heterocycles. The summed E-state index contributed by atoms with van der Waals surface area (Å²) in [5.41, 5.74) is 1.23. The summed E-state index contributed by atoms with van der Waals surface area (Å²) in [4.78, 5) is 2.39. The fourth-order valence-corrected chi connectivity index (χ4v) is 2.72. The van der Waals surface area contributed by atoms with Gasteiger partial charge in [-0.05, 0) is 44.1 Å². The van der Waals surface area contributed by atoms with Crippen LogP contribution in [0.2, 0.25) is 5.02 Å². The number of hydrogen-bond acceptors (Lipinski definition) is 3. The van der Waals surface area contributed by atoms with Gasteiger partial charge in [-0.3, -0.25) is 4.90 Å². The van der Waals surface area contributed by atoms with Crippen molar-refractivity contribution in [3.63, 3.8) is 0 Å². The number of methoxy groups -OCH3 is 1. The van der Waals surface area contributed by atoms with Gasteiger partial charge in [0, 0.05) is 19.1 Å². The SMILES string of the molecule is COc1ccc(CN(C)C2CCCNC2)cc1Cl. The fourth-order valence-electron chi connectivity index (χ4n) is 2.43. The zero-order valence-corrected chi connectivity index (χ0v) is 11.8. The minimum Gasteiger partial charge on any atom is -0.495 e. The lowest BCUT2D eigenvalue weighted by Crippen LogP contribution is -2.43. The zero-order chi connectivity index (χ0) is 13.0. The first kappa shape index (κ1) is 13.7. The molecule has 0 bridgehead atoms. The quantitative estimate of drug-likeness (QED) is 0.908. The van der Waals surface area contributed by atoms with Crippen molar-refractivity contribution in [1.82, 2.24) is 10.2 Å². The van der Waals surface area contributed by atoms with Crippen molar-refractivity contribution in [2.24, 2.45) is 0 Å². The second-order valence-corrected chi connectivity index (χ2v) is 5.29. The van der Waals surface area contributed by atoms with Crippen molar-refractivity contribution in [3.8, 4) is 5.75 Å². The standard InChI is InChI=1S/C14H21ClN2O/c1-17(12-4-3-7-16-9-12)10-11-5-6-14(18-2)13(15)8-11/h5-6,8,12,16H,3-4,7,9-10H2,1-2H3. The molecule has 1 aliphatic rings. The number of benzene rings is 1. The summed E-state index contributed by atoms with van der Waals surface area (Å²) >= 11 is 6.14. The highest BCUT2D eigenvalue weighted by Crippen LogP contribution is 2.25. The maximum absolute atomic E-state index is 6.14. The van der Waals surface area contributed by atoms with Crippen LogP contribution in [0.15, 0.2) is 18.2 Å². The fraction of sp³-hybridized carbons (Fsp3) is 0.571. The van der Waals surface area contributed by atoms with Crippen LogP contribution in [0.4, 0.5) is 0 Å². The molecule has 1 aromatic carbocycles. The van der Waals surface area contributed by atoms with E-state index in [4.69, 9.17) is 16.3 Å². The van der Waals surface area contributed by atoms with Crippen molar-refractivity contribution < 1.29 is 4.74 Å². The molecule has 0 spiro atoms. The minimum atomic E-state index is 0.625. The second-order valence-electron chi connectivity index (χ2n) is 4.88. The smallest absolute Gasteiger partial charge is 0.137 e. The van der Waals surface area contributed by atoms with E-state index in [0.717, 1.165) is 25.4 Å². The van der Waals surface area contributed by atoms with Crippen LogP contribution in [0.3, 0.4) is 0 Å². The average molecular weight is 269 g/mol. The third kappa shape index (κ3) is 3.37. The van der Waals surface area contributed by atoms with Crippen molar-refractivity contribution in [2.45, 2.75) is 25.4 Å². The number of ether oxygens (including phenoxy) is 1. The van der Waals surface area contributed by atoms with E-state index in [1.165, 1.54) is 18.4 Å². The van der Waals surface area contributed by atoms with Crippen molar-refractivity contribution in [1.29, 1.82) is 0 Å². The molecule has 1 N–H and O–H groups in total. The van der Waals surface area contributed by atoms with Gasteiger partial charge in [0.15, 0.2) is 0 Å². The van der Waals surface area contributed by atoms with E-state index in [1.807, 2.05) is 12.1 Å². The molecule has 1 aromatic rings. The van der Waals surface area contributed by atoms with E-state index >= 15 is 0 Å². The van der Waals surface area contributed by atoms with Crippen LogP contribution >= 0.6 is 11.6 Å². The topological polar surface area (TPSA) is 24.5 Å². The molecule has 0 radical (unpaired) electrons. The molecule has 4 heteroatoms. The third-order valence-corrected chi connectivity index (χ3v) is 3.84. The monoisotopic (exact) mass is 268 g/mol. The summed E-state index contributed by atoms with van der Waals surface area (Å²) in [7, 11) is 3.82. The molecule has 100 valence electrons. The predicted octanol–water partition coefficient (Wildman–Crippen LogP) is 2.53. The van der Waals surface area contributed by atoms with Gasteiger partial charge in [0.25, 0.3) is 0 Å². The van der Waals surface area contributed by atoms with Crippen LogP contribution in [0.25, 0.3) is 0 Å². The van der Waals surface area contributed by atoms with E-state index in [-0.39, 0.29) is 0 Å². The highest BCUT2D eigenvalue weighted by molar-refractivity contribution is 6.32. The molecule has 18 heavy (non-hydrogen) atoms. The first-order valence-electron chi connectivity index (χ1n) is 6.44. The Hall–Kier alpha value is -0.770. The minimum absolute atomic E-state index is 0.625. The lowest BCUT2D eigenvalue weighted by Gasteiger charge is -2.31. The van der Waals surface area contributed by atoms with Gasteiger partial charge in [-0.15, -0.1) is 0 Å². The number of nitrogens with zero attached hydrogens (tertiary/aromatic N) is 1. The van der Waals surface area contributed by atoms with Gasteiger partial charge in [-0.25, -0.2) is 0 Å². The van der Waals surface area contributed by atoms with E-state index in [1.54, 1.807) is 7.11 Å². The Balaban J connectivity index is 1.97. The highest BCUT2D eigenvalue weighted by atomic mass is 35.5. The van der Waals surface area contributed by atoms with E-state index in [0.29, 0.717) is 11.1 Å². The maximum Gasteiger partial charge on any atom is 0.137 e. The summed E-state index contributed by atoms with van der Waals surface area (Å²) < 4.78 is 5.17. The van der Waals surface area contributed by atoms with Gasteiger partial charge in [-0.1, -0.05) is 17.7 Å². The molecule has 1 heterocycles. The first-order chi connectivity index (χ1) is 8.70. The molecule has 2 rings (SSSR count). The molecule has 1 atom stereocenters. The lowest BCUT2D eigenvalue weighted by atomic mass is 10.1. The van der Waals surface area contributed by atoms with Gasteiger partial charge in [0.1, 0.15) is 5.75 Å². The predicted molar refractivity (Wildman–Crippen MR) is 75.4 cm³/mol. The van der Waals surface area contributed by atoms with Crippen LogP contribution in [-0.4, -0.2) is 38.2 Å².